The van der Waals surface area contributed by atoms with Crippen LogP contribution in [-0.4, -0.2) is 34.6 Å². The number of carboxylic acids is 1. The average molecular weight is 317 g/mol. The molecule has 5 nitrogen and oxygen atoms in total. The van der Waals surface area contributed by atoms with E-state index in [0.29, 0.717) is 10.9 Å². The SMILES string of the molecule is O=C(O)CN(C(=O)NCc1ccc(Cl)s1)C1CCCC1. The summed E-state index contributed by atoms with van der Waals surface area (Å²) in [4.78, 5) is 25.5. The van der Waals surface area contributed by atoms with Gasteiger partial charge >= 0.3 is 12.0 Å². The Morgan fingerprint density at radius 1 is 1.40 bits per heavy atom. The van der Waals surface area contributed by atoms with Crippen LogP contribution >= 0.6 is 22.9 Å². The monoisotopic (exact) mass is 316 g/mol. The molecule has 0 radical (unpaired) electrons. The van der Waals surface area contributed by atoms with Crippen LogP contribution in [0.3, 0.4) is 0 Å². The molecule has 0 aliphatic heterocycles. The largest absolute Gasteiger partial charge is 0.480 e. The zero-order valence-corrected chi connectivity index (χ0v) is 12.5. The fourth-order valence-corrected chi connectivity index (χ4v) is 3.47. The van der Waals surface area contributed by atoms with Gasteiger partial charge < -0.3 is 15.3 Å². The van der Waals surface area contributed by atoms with E-state index in [0.717, 1.165) is 30.6 Å². The minimum Gasteiger partial charge on any atom is -0.480 e. The Balaban J connectivity index is 1.93. The molecule has 0 bridgehead atoms. The van der Waals surface area contributed by atoms with Gasteiger partial charge in [-0.05, 0) is 25.0 Å². The van der Waals surface area contributed by atoms with Gasteiger partial charge in [-0.3, -0.25) is 4.79 Å². The fraction of sp³-hybridized carbons (Fsp3) is 0.538. The van der Waals surface area contributed by atoms with E-state index >= 15 is 0 Å². The Bertz CT molecular complexity index is 486. The van der Waals surface area contributed by atoms with E-state index in [-0.39, 0.29) is 18.6 Å². The van der Waals surface area contributed by atoms with Crippen LogP contribution in [0.2, 0.25) is 4.34 Å². The Labute approximate surface area is 126 Å². The molecule has 1 aromatic heterocycles. The highest BCUT2D eigenvalue weighted by atomic mass is 35.5. The molecule has 1 aromatic rings. The summed E-state index contributed by atoms with van der Waals surface area (Å²) >= 11 is 7.23. The van der Waals surface area contributed by atoms with Crippen molar-refractivity contribution in [2.24, 2.45) is 0 Å². The van der Waals surface area contributed by atoms with Gasteiger partial charge in [-0.25, -0.2) is 4.79 Å². The lowest BCUT2D eigenvalue weighted by Crippen LogP contribution is -2.47. The summed E-state index contributed by atoms with van der Waals surface area (Å²) in [5.41, 5.74) is 0. The van der Waals surface area contributed by atoms with Crippen molar-refractivity contribution in [2.45, 2.75) is 38.3 Å². The Kier molecular flexibility index (Phi) is 5.25. The van der Waals surface area contributed by atoms with Gasteiger partial charge in [-0.15, -0.1) is 11.3 Å². The highest BCUT2D eigenvalue weighted by molar-refractivity contribution is 7.16. The van der Waals surface area contributed by atoms with Gasteiger partial charge in [0.1, 0.15) is 6.54 Å². The summed E-state index contributed by atoms with van der Waals surface area (Å²) < 4.78 is 0.674. The molecule has 1 heterocycles. The van der Waals surface area contributed by atoms with Crippen LogP contribution in [0.15, 0.2) is 12.1 Å². The molecule has 0 spiro atoms. The molecule has 1 aliphatic carbocycles. The van der Waals surface area contributed by atoms with Crippen molar-refractivity contribution in [3.05, 3.63) is 21.3 Å². The molecule has 2 amide bonds. The summed E-state index contributed by atoms with van der Waals surface area (Å²) in [5, 5.41) is 11.7. The van der Waals surface area contributed by atoms with Gasteiger partial charge in [-0.2, -0.15) is 0 Å². The molecule has 110 valence electrons. The van der Waals surface area contributed by atoms with E-state index in [9.17, 15) is 9.59 Å². The third-order valence-corrected chi connectivity index (χ3v) is 4.61. The topological polar surface area (TPSA) is 69.6 Å². The summed E-state index contributed by atoms with van der Waals surface area (Å²) in [6.45, 7) is 0.126. The zero-order chi connectivity index (χ0) is 14.5. The summed E-state index contributed by atoms with van der Waals surface area (Å²) in [5.74, 6) is -0.980. The summed E-state index contributed by atoms with van der Waals surface area (Å²) in [6.07, 6.45) is 3.86. The first kappa shape index (κ1) is 15.1. The lowest BCUT2D eigenvalue weighted by molar-refractivity contribution is -0.138. The second-order valence-corrected chi connectivity index (χ2v) is 6.62. The van der Waals surface area contributed by atoms with Gasteiger partial charge in [-0.1, -0.05) is 24.4 Å². The van der Waals surface area contributed by atoms with Gasteiger partial charge in [0.05, 0.1) is 10.9 Å². The smallest absolute Gasteiger partial charge is 0.323 e. The van der Waals surface area contributed by atoms with Crippen LogP contribution in [-0.2, 0) is 11.3 Å². The first-order valence-electron chi connectivity index (χ1n) is 6.56. The average Bonchev–Trinajstić information content (AvgIpc) is 3.04. The number of halogens is 1. The third kappa shape index (κ3) is 4.11. The van der Waals surface area contributed by atoms with E-state index in [1.54, 1.807) is 6.07 Å². The number of amides is 2. The standard InChI is InChI=1S/C13H17ClN2O3S/c14-11-6-5-10(20-11)7-15-13(19)16(8-12(17)18)9-3-1-2-4-9/h5-6,9H,1-4,7-8H2,(H,15,19)(H,17,18). The van der Waals surface area contributed by atoms with Gasteiger partial charge in [0, 0.05) is 10.9 Å². The molecule has 0 saturated heterocycles. The molecular formula is C13H17ClN2O3S. The van der Waals surface area contributed by atoms with Gasteiger partial charge in [0.2, 0.25) is 0 Å². The number of carboxylic acid groups (broad SMARTS) is 1. The van der Waals surface area contributed by atoms with E-state index < -0.39 is 5.97 Å². The lowest BCUT2D eigenvalue weighted by Gasteiger charge is -2.27. The van der Waals surface area contributed by atoms with Crippen LogP contribution in [0.4, 0.5) is 4.79 Å². The van der Waals surface area contributed by atoms with Crippen molar-refractivity contribution >= 4 is 34.9 Å². The maximum atomic E-state index is 12.2. The fourth-order valence-electron chi connectivity index (χ4n) is 2.44. The number of hydrogen-bond acceptors (Lipinski definition) is 3. The molecule has 0 atom stereocenters. The molecule has 1 aliphatic rings. The summed E-state index contributed by atoms with van der Waals surface area (Å²) in [7, 11) is 0. The quantitative estimate of drug-likeness (QED) is 0.877. The van der Waals surface area contributed by atoms with Crippen molar-refractivity contribution in [3.8, 4) is 0 Å². The first-order chi connectivity index (χ1) is 9.56. The molecule has 20 heavy (non-hydrogen) atoms. The van der Waals surface area contributed by atoms with Gasteiger partial charge in [0.15, 0.2) is 0 Å². The minimum atomic E-state index is -0.980. The molecular weight excluding hydrogens is 300 g/mol. The van der Waals surface area contributed by atoms with Crippen molar-refractivity contribution < 1.29 is 14.7 Å². The second-order valence-electron chi connectivity index (χ2n) is 4.82. The summed E-state index contributed by atoms with van der Waals surface area (Å²) in [6, 6.07) is 3.35. The predicted molar refractivity (Wildman–Crippen MR) is 78.2 cm³/mol. The van der Waals surface area contributed by atoms with Crippen molar-refractivity contribution in [1.29, 1.82) is 0 Å². The Hall–Kier alpha value is -1.27. The van der Waals surface area contributed by atoms with E-state index in [2.05, 4.69) is 5.32 Å². The van der Waals surface area contributed by atoms with E-state index in [1.807, 2.05) is 6.07 Å². The molecule has 2 rings (SSSR count). The number of rotatable bonds is 5. The molecule has 7 heteroatoms. The minimum absolute atomic E-state index is 0.0398. The Morgan fingerprint density at radius 2 is 2.10 bits per heavy atom. The number of nitrogens with one attached hydrogen (secondary N) is 1. The van der Waals surface area contributed by atoms with Crippen LogP contribution in [0.25, 0.3) is 0 Å². The van der Waals surface area contributed by atoms with Gasteiger partial charge in [0.25, 0.3) is 0 Å². The maximum Gasteiger partial charge on any atom is 0.323 e. The van der Waals surface area contributed by atoms with Crippen molar-refractivity contribution in [2.75, 3.05) is 6.54 Å². The third-order valence-electron chi connectivity index (χ3n) is 3.37. The molecule has 0 unspecified atom stereocenters. The Morgan fingerprint density at radius 3 is 2.65 bits per heavy atom. The normalized spacial score (nSPS) is 15.2. The van der Waals surface area contributed by atoms with Crippen molar-refractivity contribution in [1.82, 2.24) is 10.2 Å². The number of nitrogens with zero attached hydrogens (tertiary/aromatic N) is 1. The number of thiophene rings is 1. The number of hydrogen-bond donors (Lipinski definition) is 2. The number of aliphatic carboxylic acids is 1. The van der Waals surface area contributed by atoms with E-state index in [1.165, 1.54) is 16.2 Å². The van der Waals surface area contributed by atoms with Crippen LogP contribution in [0, 0.1) is 0 Å². The number of urea groups is 1. The van der Waals surface area contributed by atoms with Crippen molar-refractivity contribution in [3.63, 3.8) is 0 Å². The highest BCUT2D eigenvalue weighted by Crippen LogP contribution is 2.24. The van der Waals surface area contributed by atoms with Crippen LogP contribution in [0.1, 0.15) is 30.6 Å². The maximum absolute atomic E-state index is 12.2. The molecule has 2 N–H and O–H groups in total. The van der Waals surface area contributed by atoms with Crippen LogP contribution in [0.5, 0.6) is 0 Å². The first-order valence-corrected chi connectivity index (χ1v) is 7.76. The molecule has 1 fully saturated rings. The predicted octanol–water partition coefficient (Wildman–Crippen LogP) is 2.94. The zero-order valence-electron chi connectivity index (χ0n) is 11.0. The molecule has 1 saturated carbocycles. The van der Waals surface area contributed by atoms with E-state index in [4.69, 9.17) is 16.7 Å². The molecule has 0 aromatic carbocycles. The lowest BCUT2D eigenvalue weighted by atomic mass is 10.2. The van der Waals surface area contributed by atoms with Crippen LogP contribution < -0.4 is 5.32 Å². The number of carbonyl (C=O) groups excluding carboxylic acids is 1. The second kappa shape index (κ2) is 6.95. The number of carbonyl (C=O) groups is 2. The highest BCUT2D eigenvalue weighted by Gasteiger charge is 2.28.